The van der Waals surface area contributed by atoms with Crippen LogP contribution in [0.3, 0.4) is 0 Å². The summed E-state index contributed by atoms with van der Waals surface area (Å²) in [5, 5.41) is 4.12. The van der Waals surface area contributed by atoms with Crippen molar-refractivity contribution in [2.45, 2.75) is 0 Å². The number of rotatable bonds is 2. The van der Waals surface area contributed by atoms with Crippen molar-refractivity contribution in [1.82, 2.24) is 9.78 Å². The minimum Gasteiger partial charge on any atom is -0.497 e. The molecule has 84 valence electrons. The molecule has 0 aliphatic carbocycles. The molecule has 0 atom stereocenters. The fourth-order valence-corrected chi connectivity index (χ4v) is 2.07. The van der Waals surface area contributed by atoms with E-state index < -0.39 is 0 Å². The molecule has 5 heteroatoms. The third kappa shape index (κ3) is 1.78. The Morgan fingerprint density at radius 3 is 2.62 bits per heavy atom. The minimum atomic E-state index is 0.644. The van der Waals surface area contributed by atoms with Crippen molar-refractivity contribution in [1.29, 1.82) is 0 Å². The van der Waals surface area contributed by atoms with Gasteiger partial charge in [-0.05, 0) is 18.2 Å². The molecule has 0 spiro atoms. The first-order valence-corrected chi connectivity index (χ1v) is 5.54. The molecule has 1 aromatic heterocycles. The molecule has 16 heavy (non-hydrogen) atoms. The second-order valence-electron chi connectivity index (χ2n) is 3.41. The van der Waals surface area contributed by atoms with Gasteiger partial charge in [-0.3, -0.25) is 4.68 Å². The van der Waals surface area contributed by atoms with Crippen molar-refractivity contribution in [3.63, 3.8) is 0 Å². The van der Waals surface area contributed by atoms with Crippen LogP contribution in [0, 0.1) is 0 Å². The molecule has 0 aliphatic rings. The number of benzene rings is 1. The van der Waals surface area contributed by atoms with Crippen LogP contribution in [0.1, 0.15) is 0 Å². The van der Waals surface area contributed by atoms with Gasteiger partial charge in [0.05, 0.1) is 13.3 Å². The number of ether oxygens (including phenoxy) is 1. The molecule has 0 radical (unpaired) electrons. The number of nitrogens with two attached hydrogens (primary N) is 1. The predicted octanol–water partition coefficient (Wildman–Crippen LogP) is 2.44. The van der Waals surface area contributed by atoms with Crippen molar-refractivity contribution in [3.8, 4) is 16.9 Å². The standard InChI is InChI=1S/C11H12BrN3O/c1-15-11(13)9(6-14-15)8-4-3-7(16-2)5-10(8)12/h3-6H,13H2,1-2H3. The van der Waals surface area contributed by atoms with Gasteiger partial charge in [0.25, 0.3) is 0 Å². The molecule has 2 N–H and O–H groups in total. The summed E-state index contributed by atoms with van der Waals surface area (Å²) < 4.78 is 7.72. The second kappa shape index (κ2) is 4.17. The number of nitrogens with zero attached hydrogens (tertiary/aromatic N) is 2. The molecule has 0 saturated heterocycles. The first-order chi connectivity index (χ1) is 7.63. The topological polar surface area (TPSA) is 53.1 Å². The molecular weight excluding hydrogens is 270 g/mol. The van der Waals surface area contributed by atoms with Crippen LogP contribution in [0.15, 0.2) is 28.9 Å². The van der Waals surface area contributed by atoms with Crippen LogP contribution in [0.2, 0.25) is 0 Å². The van der Waals surface area contributed by atoms with Gasteiger partial charge in [0.2, 0.25) is 0 Å². The summed E-state index contributed by atoms with van der Waals surface area (Å²) in [6.07, 6.45) is 1.75. The molecule has 0 bridgehead atoms. The van der Waals surface area contributed by atoms with Gasteiger partial charge in [-0.15, -0.1) is 0 Å². The van der Waals surface area contributed by atoms with E-state index in [1.807, 2.05) is 25.2 Å². The molecule has 1 heterocycles. The van der Waals surface area contributed by atoms with Gasteiger partial charge in [-0.2, -0.15) is 5.10 Å². The van der Waals surface area contributed by atoms with Crippen molar-refractivity contribution in [2.75, 3.05) is 12.8 Å². The smallest absolute Gasteiger partial charge is 0.129 e. The first-order valence-electron chi connectivity index (χ1n) is 4.75. The molecule has 0 fully saturated rings. The third-order valence-corrected chi connectivity index (χ3v) is 3.11. The van der Waals surface area contributed by atoms with Crippen LogP contribution >= 0.6 is 15.9 Å². The average molecular weight is 282 g/mol. The van der Waals surface area contributed by atoms with Gasteiger partial charge in [0.15, 0.2) is 0 Å². The van der Waals surface area contributed by atoms with Gasteiger partial charge in [-0.1, -0.05) is 15.9 Å². The largest absolute Gasteiger partial charge is 0.497 e. The van der Waals surface area contributed by atoms with Gasteiger partial charge in [-0.25, -0.2) is 0 Å². The van der Waals surface area contributed by atoms with E-state index in [2.05, 4.69) is 21.0 Å². The maximum Gasteiger partial charge on any atom is 0.129 e. The highest BCUT2D eigenvalue weighted by Gasteiger charge is 2.11. The zero-order valence-electron chi connectivity index (χ0n) is 9.07. The van der Waals surface area contributed by atoms with E-state index in [-0.39, 0.29) is 0 Å². The molecule has 0 aliphatic heterocycles. The van der Waals surface area contributed by atoms with E-state index in [1.165, 1.54) is 0 Å². The Bertz CT molecular complexity index is 522. The van der Waals surface area contributed by atoms with E-state index in [1.54, 1.807) is 18.0 Å². The Hall–Kier alpha value is -1.49. The number of hydrogen-bond donors (Lipinski definition) is 1. The lowest BCUT2D eigenvalue weighted by atomic mass is 10.1. The number of nitrogen functional groups attached to an aromatic ring is 1. The van der Waals surface area contributed by atoms with E-state index in [9.17, 15) is 0 Å². The number of aryl methyl sites for hydroxylation is 1. The highest BCUT2D eigenvalue weighted by atomic mass is 79.9. The molecule has 2 rings (SSSR count). The second-order valence-corrected chi connectivity index (χ2v) is 4.27. The van der Waals surface area contributed by atoms with Gasteiger partial charge in [0.1, 0.15) is 11.6 Å². The van der Waals surface area contributed by atoms with Gasteiger partial charge < -0.3 is 10.5 Å². The fourth-order valence-electron chi connectivity index (χ4n) is 1.50. The van der Waals surface area contributed by atoms with E-state index >= 15 is 0 Å². The van der Waals surface area contributed by atoms with Crippen LogP contribution in [-0.2, 0) is 7.05 Å². The Morgan fingerprint density at radius 2 is 2.12 bits per heavy atom. The van der Waals surface area contributed by atoms with Crippen LogP contribution in [0.25, 0.3) is 11.1 Å². The summed E-state index contributed by atoms with van der Waals surface area (Å²) in [5.74, 6) is 1.45. The quantitative estimate of drug-likeness (QED) is 0.920. The van der Waals surface area contributed by atoms with Crippen LogP contribution < -0.4 is 10.5 Å². The molecule has 0 unspecified atom stereocenters. The molecule has 2 aromatic rings. The number of hydrogen-bond acceptors (Lipinski definition) is 3. The lowest BCUT2D eigenvalue weighted by Crippen LogP contribution is -1.98. The van der Waals surface area contributed by atoms with Crippen molar-refractivity contribution >= 4 is 21.7 Å². The summed E-state index contributed by atoms with van der Waals surface area (Å²) in [7, 11) is 3.45. The van der Waals surface area contributed by atoms with E-state index in [4.69, 9.17) is 10.5 Å². The number of aromatic nitrogens is 2. The van der Waals surface area contributed by atoms with Crippen molar-refractivity contribution in [3.05, 3.63) is 28.9 Å². The third-order valence-electron chi connectivity index (χ3n) is 2.45. The number of methoxy groups -OCH3 is 1. The summed E-state index contributed by atoms with van der Waals surface area (Å²) >= 11 is 3.50. The van der Waals surface area contributed by atoms with E-state index in [0.29, 0.717) is 5.82 Å². The van der Waals surface area contributed by atoms with Crippen molar-refractivity contribution in [2.24, 2.45) is 7.05 Å². The van der Waals surface area contributed by atoms with Gasteiger partial charge >= 0.3 is 0 Å². The summed E-state index contributed by atoms with van der Waals surface area (Å²) in [5.41, 5.74) is 7.84. The van der Waals surface area contributed by atoms with E-state index in [0.717, 1.165) is 21.3 Å². The Balaban J connectivity index is 2.52. The van der Waals surface area contributed by atoms with Gasteiger partial charge in [0, 0.05) is 22.6 Å². The zero-order valence-corrected chi connectivity index (χ0v) is 10.7. The summed E-state index contributed by atoms with van der Waals surface area (Å²) in [4.78, 5) is 0. The summed E-state index contributed by atoms with van der Waals surface area (Å²) in [6, 6.07) is 5.75. The number of halogens is 1. The Labute approximate surface area is 102 Å². The molecule has 4 nitrogen and oxygen atoms in total. The Morgan fingerprint density at radius 1 is 1.38 bits per heavy atom. The minimum absolute atomic E-state index is 0.644. The molecule has 0 saturated carbocycles. The average Bonchev–Trinajstić information content (AvgIpc) is 2.60. The molecular formula is C11H12BrN3O. The highest BCUT2D eigenvalue weighted by Crippen LogP contribution is 2.34. The summed E-state index contributed by atoms with van der Waals surface area (Å²) in [6.45, 7) is 0. The predicted molar refractivity (Wildman–Crippen MR) is 67.3 cm³/mol. The first kappa shape index (κ1) is 11.0. The van der Waals surface area contributed by atoms with Crippen LogP contribution in [-0.4, -0.2) is 16.9 Å². The molecule has 1 aromatic carbocycles. The highest BCUT2D eigenvalue weighted by molar-refractivity contribution is 9.10. The monoisotopic (exact) mass is 281 g/mol. The SMILES string of the molecule is COc1ccc(-c2cnn(C)c2N)c(Br)c1. The zero-order chi connectivity index (χ0) is 11.7. The lowest BCUT2D eigenvalue weighted by molar-refractivity contribution is 0.414. The maximum absolute atomic E-state index is 5.92. The number of anilines is 1. The normalized spacial score (nSPS) is 10.4. The fraction of sp³-hybridized carbons (Fsp3) is 0.182. The Kier molecular flexibility index (Phi) is 2.87. The van der Waals surface area contributed by atoms with Crippen molar-refractivity contribution < 1.29 is 4.74 Å². The van der Waals surface area contributed by atoms with Crippen LogP contribution in [0.5, 0.6) is 5.75 Å². The van der Waals surface area contributed by atoms with Crippen LogP contribution in [0.4, 0.5) is 5.82 Å². The molecule has 0 amide bonds. The lowest BCUT2D eigenvalue weighted by Gasteiger charge is -2.06. The maximum atomic E-state index is 5.92.